The molecular weight excluding hydrogens is 352 g/mol. The van der Waals surface area contributed by atoms with E-state index in [0.29, 0.717) is 16.3 Å². The van der Waals surface area contributed by atoms with Gasteiger partial charge in [0.25, 0.3) is 0 Å². The van der Waals surface area contributed by atoms with Crippen molar-refractivity contribution in [2.24, 2.45) is 0 Å². The summed E-state index contributed by atoms with van der Waals surface area (Å²) in [6.45, 7) is 0. The van der Waals surface area contributed by atoms with Gasteiger partial charge < -0.3 is 10.2 Å². The van der Waals surface area contributed by atoms with E-state index in [9.17, 15) is 19.8 Å². The fourth-order valence-corrected chi connectivity index (χ4v) is 3.18. The second-order valence-corrected chi connectivity index (χ2v) is 6.34. The molecule has 0 aliphatic carbocycles. The van der Waals surface area contributed by atoms with Gasteiger partial charge in [-0.1, -0.05) is 48.2 Å². The highest BCUT2D eigenvalue weighted by molar-refractivity contribution is 6.07. The average molecular weight is 366 g/mol. The molecule has 0 amide bonds. The van der Waals surface area contributed by atoms with Gasteiger partial charge in [0.1, 0.15) is 0 Å². The van der Waals surface area contributed by atoms with Gasteiger partial charge in [0.05, 0.1) is 11.1 Å². The summed E-state index contributed by atoms with van der Waals surface area (Å²) in [6.07, 6.45) is 0. The molecule has 0 aliphatic heterocycles. The Morgan fingerprint density at radius 1 is 0.679 bits per heavy atom. The van der Waals surface area contributed by atoms with Crippen molar-refractivity contribution >= 4 is 33.5 Å². The first kappa shape index (κ1) is 17.3. The molecule has 2 N–H and O–H groups in total. The average Bonchev–Trinajstić information content (AvgIpc) is 2.71. The minimum Gasteiger partial charge on any atom is -0.478 e. The number of aromatic carboxylic acids is 2. The Hall–Kier alpha value is -4.10. The number of carboxylic acids is 2. The lowest BCUT2D eigenvalue weighted by Gasteiger charge is -2.06. The van der Waals surface area contributed by atoms with E-state index in [4.69, 9.17) is 0 Å². The van der Waals surface area contributed by atoms with Crippen LogP contribution in [0.3, 0.4) is 0 Å². The Morgan fingerprint density at radius 3 is 2.21 bits per heavy atom. The highest BCUT2D eigenvalue weighted by Gasteiger charge is 2.13. The molecule has 0 aliphatic rings. The van der Waals surface area contributed by atoms with Crippen LogP contribution in [0.5, 0.6) is 0 Å². The molecule has 28 heavy (non-hydrogen) atoms. The summed E-state index contributed by atoms with van der Waals surface area (Å²) < 4.78 is 0. The molecule has 4 heteroatoms. The van der Waals surface area contributed by atoms with Crippen LogP contribution in [0.25, 0.3) is 21.5 Å². The second kappa shape index (κ2) is 6.90. The van der Waals surface area contributed by atoms with Crippen molar-refractivity contribution in [1.82, 2.24) is 0 Å². The molecule has 0 saturated heterocycles. The van der Waals surface area contributed by atoms with E-state index >= 15 is 0 Å². The lowest BCUT2D eigenvalue weighted by molar-refractivity contribution is 0.0688. The minimum absolute atomic E-state index is 0.0868. The summed E-state index contributed by atoms with van der Waals surface area (Å²) in [5.74, 6) is 4.02. The molecular formula is C24H14O4. The van der Waals surface area contributed by atoms with Crippen molar-refractivity contribution in [2.75, 3.05) is 0 Å². The van der Waals surface area contributed by atoms with E-state index in [1.165, 1.54) is 24.3 Å². The van der Waals surface area contributed by atoms with Gasteiger partial charge in [-0.15, -0.1) is 0 Å². The topological polar surface area (TPSA) is 74.6 Å². The van der Waals surface area contributed by atoms with Crippen LogP contribution in [0.2, 0.25) is 0 Å². The van der Waals surface area contributed by atoms with E-state index in [0.717, 1.165) is 16.3 Å². The van der Waals surface area contributed by atoms with E-state index in [2.05, 4.69) is 11.8 Å². The van der Waals surface area contributed by atoms with Crippen LogP contribution in [0.1, 0.15) is 31.8 Å². The number of fused-ring (bicyclic) bond motifs is 2. The van der Waals surface area contributed by atoms with Crippen molar-refractivity contribution < 1.29 is 19.8 Å². The van der Waals surface area contributed by atoms with Gasteiger partial charge in [0.15, 0.2) is 0 Å². The molecule has 0 spiro atoms. The molecule has 134 valence electrons. The third kappa shape index (κ3) is 3.17. The maximum absolute atomic E-state index is 11.5. The van der Waals surface area contributed by atoms with Gasteiger partial charge in [-0.2, -0.15) is 0 Å². The second-order valence-electron chi connectivity index (χ2n) is 6.34. The first-order chi connectivity index (χ1) is 13.5. The van der Waals surface area contributed by atoms with Crippen molar-refractivity contribution in [3.05, 3.63) is 95.1 Å². The van der Waals surface area contributed by atoms with Crippen LogP contribution >= 0.6 is 0 Å². The van der Waals surface area contributed by atoms with Crippen LogP contribution in [0, 0.1) is 11.8 Å². The summed E-state index contributed by atoms with van der Waals surface area (Å²) in [5, 5.41) is 21.8. The number of rotatable bonds is 2. The smallest absolute Gasteiger partial charge is 0.336 e. The van der Waals surface area contributed by atoms with Crippen molar-refractivity contribution in [2.45, 2.75) is 0 Å². The van der Waals surface area contributed by atoms with Crippen LogP contribution in [-0.2, 0) is 0 Å². The zero-order valence-corrected chi connectivity index (χ0v) is 14.6. The fourth-order valence-electron chi connectivity index (χ4n) is 3.18. The lowest BCUT2D eigenvalue weighted by Crippen LogP contribution is -2.01. The van der Waals surface area contributed by atoms with Gasteiger partial charge in [0, 0.05) is 11.1 Å². The maximum atomic E-state index is 11.5. The molecule has 0 heterocycles. The Morgan fingerprint density at radius 2 is 1.46 bits per heavy atom. The summed E-state index contributed by atoms with van der Waals surface area (Å²) in [7, 11) is 0. The molecule has 0 unspecified atom stereocenters. The summed E-state index contributed by atoms with van der Waals surface area (Å²) >= 11 is 0. The molecule has 4 aromatic rings. The summed E-state index contributed by atoms with van der Waals surface area (Å²) in [5.41, 5.74) is 1.60. The van der Waals surface area contributed by atoms with E-state index in [-0.39, 0.29) is 11.1 Å². The zero-order valence-electron chi connectivity index (χ0n) is 14.6. The molecule has 0 fully saturated rings. The van der Waals surface area contributed by atoms with Crippen molar-refractivity contribution in [1.29, 1.82) is 0 Å². The minimum atomic E-state index is -1.07. The Kier molecular flexibility index (Phi) is 4.27. The van der Waals surface area contributed by atoms with Gasteiger partial charge in [-0.05, 0) is 57.9 Å². The SMILES string of the molecule is O=C(O)c1ccc2c(C(=O)O)ccc(C#Cc3ccc4ccccc4c3)c2c1. The Bertz CT molecular complexity index is 1320. The standard InChI is InChI=1S/C24H14O4/c25-23(26)19-10-11-20-21(24(27)28)12-9-17(22(20)14-19)8-6-15-5-7-16-3-1-2-4-18(16)13-15/h1-5,7,9-14H,(H,25,26)(H,27,28). The van der Waals surface area contributed by atoms with Crippen LogP contribution in [0.15, 0.2) is 72.8 Å². The molecule has 0 aromatic heterocycles. The highest BCUT2D eigenvalue weighted by Crippen LogP contribution is 2.24. The lowest BCUT2D eigenvalue weighted by atomic mass is 9.97. The first-order valence-corrected chi connectivity index (χ1v) is 8.57. The van der Waals surface area contributed by atoms with Crippen molar-refractivity contribution in [3.8, 4) is 11.8 Å². The maximum Gasteiger partial charge on any atom is 0.336 e. The molecule has 4 aromatic carbocycles. The monoisotopic (exact) mass is 366 g/mol. The van der Waals surface area contributed by atoms with E-state index in [1.807, 2.05) is 42.5 Å². The molecule has 4 nitrogen and oxygen atoms in total. The number of hydrogen-bond donors (Lipinski definition) is 2. The van der Waals surface area contributed by atoms with E-state index in [1.54, 1.807) is 6.07 Å². The van der Waals surface area contributed by atoms with Gasteiger partial charge in [-0.3, -0.25) is 0 Å². The molecule has 0 radical (unpaired) electrons. The quantitative estimate of drug-likeness (QED) is 0.500. The molecule has 0 atom stereocenters. The van der Waals surface area contributed by atoms with Gasteiger partial charge in [0.2, 0.25) is 0 Å². The van der Waals surface area contributed by atoms with Crippen molar-refractivity contribution in [3.63, 3.8) is 0 Å². The first-order valence-electron chi connectivity index (χ1n) is 8.57. The van der Waals surface area contributed by atoms with Crippen LogP contribution in [0.4, 0.5) is 0 Å². The zero-order chi connectivity index (χ0) is 19.7. The third-order valence-corrected chi connectivity index (χ3v) is 4.58. The number of benzene rings is 4. The third-order valence-electron chi connectivity index (χ3n) is 4.58. The Balaban J connectivity index is 1.87. The molecule has 4 rings (SSSR count). The molecule has 0 bridgehead atoms. The van der Waals surface area contributed by atoms with Crippen LogP contribution < -0.4 is 0 Å². The van der Waals surface area contributed by atoms with Gasteiger partial charge in [-0.25, -0.2) is 9.59 Å². The normalized spacial score (nSPS) is 10.4. The summed E-state index contributed by atoms with van der Waals surface area (Å²) in [6, 6.07) is 21.4. The predicted octanol–water partition coefficient (Wildman–Crippen LogP) is 4.79. The fraction of sp³-hybridized carbons (Fsp3) is 0. The van der Waals surface area contributed by atoms with E-state index < -0.39 is 11.9 Å². The highest BCUT2D eigenvalue weighted by atomic mass is 16.4. The van der Waals surface area contributed by atoms with Crippen LogP contribution in [-0.4, -0.2) is 22.2 Å². The summed E-state index contributed by atoms with van der Waals surface area (Å²) in [4.78, 5) is 22.8. The Labute approximate surface area is 160 Å². The predicted molar refractivity (Wildman–Crippen MR) is 108 cm³/mol. The number of hydrogen-bond acceptors (Lipinski definition) is 2. The largest absolute Gasteiger partial charge is 0.478 e. The number of carboxylic acid groups (broad SMARTS) is 2. The number of carbonyl (C=O) groups is 2. The molecule has 0 saturated carbocycles. The van der Waals surface area contributed by atoms with Gasteiger partial charge >= 0.3 is 11.9 Å².